The molecule has 11 heteroatoms. The predicted molar refractivity (Wildman–Crippen MR) is 95.2 cm³/mol. The number of nitrogens with two attached hydrogens (primary N) is 2. The highest BCUT2D eigenvalue weighted by Crippen LogP contribution is 2.28. The zero-order valence-electron chi connectivity index (χ0n) is 12.8. The number of halogens is 3. The number of nitrogens with one attached hydrogen (secondary N) is 2. The highest BCUT2D eigenvalue weighted by Gasteiger charge is 2.18. The summed E-state index contributed by atoms with van der Waals surface area (Å²) in [6.07, 6.45) is 0. The Kier molecular flexibility index (Phi) is 4.36. The van der Waals surface area contributed by atoms with Gasteiger partial charge in [0, 0.05) is 0 Å². The summed E-state index contributed by atoms with van der Waals surface area (Å²) < 4.78 is 14.0. The first-order valence-electron chi connectivity index (χ1n) is 7.01. The molecule has 6 N–H and O–H groups in total. The van der Waals surface area contributed by atoms with Gasteiger partial charge in [-0.2, -0.15) is 9.97 Å². The van der Waals surface area contributed by atoms with Crippen LogP contribution >= 0.6 is 23.2 Å². The molecule has 0 aliphatic carbocycles. The van der Waals surface area contributed by atoms with Crippen molar-refractivity contribution >= 4 is 51.7 Å². The SMILES string of the molecule is CC(Nc1nc(N)nc(N)c1Cl)c1nc2c(F)ccc(Cl)c2c(=O)[nH]1. The summed E-state index contributed by atoms with van der Waals surface area (Å²) in [4.78, 5) is 26.6. The Hall–Kier alpha value is -2.65. The largest absolute Gasteiger partial charge is 0.382 e. The molecular formula is C14H12Cl2FN7O. The molecule has 8 nitrogen and oxygen atoms in total. The van der Waals surface area contributed by atoms with E-state index in [9.17, 15) is 9.18 Å². The monoisotopic (exact) mass is 383 g/mol. The van der Waals surface area contributed by atoms with Crippen molar-refractivity contribution in [3.05, 3.63) is 44.2 Å². The van der Waals surface area contributed by atoms with E-state index in [0.717, 1.165) is 6.07 Å². The molecule has 0 radical (unpaired) electrons. The van der Waals surface area contributed by atoms with Crippen molar-refractivity contribution in [1.82, 2.24) is 19.9 Å². The van der Waals surface area contributed by atoms with E-state index in [2.05, 4.69) is 25.3 Å². The molecule has 2 heterocycles. The molecule has 0 saturated carbocycles. The number of benzene rings is 1. The van der Waals surface area contributed by atoms with E-state index in [1.807, 2.05) is 0 Å². The van der Waals surface area contributed by atoms with Gasteiger partial charge in [-0.05, 0) is 19.1 Å². The van der Waals surface area contributed by atoms with Crippen LogP contribution in [-0.4, -0.2) is 19.9 Å². The first kappa shape index (κ1) is 17.2. The molecule has 1 unspecified atom stereocenters. The Bertz CT molecular complexity index is 1040. The number of hydrogen-bond acceptors (Lipinski definition) is 7. The molecule has 0 saturated heterocycles. The highest BCUT2D eigenvalue weighted by atomic mass is 35.5. The van der Waals surface area contributed by atoms with Gasteiger partial charge in [-0.25, -0.2) is 9.37 Å². The molecule has 0 fully saturated rings. The third-order valence-corrected chi connectivity index (χ3v) is 4.12. The summed E-state index contributed by atoms with van der Waals surface area (Å²) >= 11 is 12.0. The fourth-order valence-electron chi connectivity index (χ4n) is 2.25. The van der Waals surface area contributed by atoms with E-state index in [0.29, 0.717) is 0 Å². The van der Waals surface area contributed by atoms with Crippen LogP contribution < -0.4 is 22.3 Å². The number of anilines is 3. The molecule has 1 atom stereocenters. The Balaban J connectivity index is 2.05. The second-order valence-corrected chi connectivity index (χ2v) is 5.98. The van der Waals surface area contributed by atoms with Gasteiger partial charge in [0.15, 0.2) is 5.82 Å². The number of nitrogen functional groups attached to an aromatic ring is 2. The smallest absolute Gasteiger partial charge is 0.260 e. The Labute approximate surface area is 150 Å². The van der Waals surface area contributed by atoms with Gasteiger partial charge in [-0.1, -0.05) is 23.2 Å². The number of nitrogens with zero attached hydrogens (tertiary/aromatic N) is 3. The number of rotatable bonds is 3. The van der Waals surface area contributed by atoms with E-state index < -0.39 is 17.4 Å². The maximum atomic E-state index is 14.0. The van der Waals surface area contributed by atoms with Gasteiger partial charge in [0.1, 0.15) is 28.0 Å². The maximum absolute atomic E-state index is 14.0. The van der Waals surface area contributed by atoms with Crippen LogP contribution in [0.3, 0.4) is 0 Å². The zero-order valence-corrected chi connectivity index (χ0v) is 14.3. The molecule has 3 aromatic rings. The average Bonchev–Trinajstić information content (AvgIpc) is 2.55. The van der Waals surface area contributed by atoms with Crippen molar-refractivity contribution in [3.8, 4) is 0 Å². The third-order valence-electron chi connectivity index (χ3n) is 3.44. The van der Waals surface area contributed by atoms with Crippen LogP contribution in [-0.2, 0) is 0 Å². The Morgan fingerprint density at radius 3 is 2.68 bits per heavy atom. The van der Waals surface area contributed by atoms with Crippen molar-refractivity contribution in [2.75, 3.05) is 16.8 Å². The average molecular weight is 384 g/mol. The number of aromatic nitrogens is 4. The minimum absolute atomic E-state index is 0.00153. The molecule has 25 heavy (non-hydrogen) atoms. The van der Waals surface area contributed by atoms with E-state index in [4.69, 9.17) is 34.7 Å². The van der Waals surface area contributed by atoms with Gasteiger partial charge in [-0.3, -0.25) is 4.79 Å². The fraction of sp³-hybridized carbons (Fsp3) is 0.143. The van der Waals surface area contributed by atoms with Crippen molar-refractivity contribution in [2.45, 2.75) is 13.0 Å². The van der Waals surface area contributed by atoms with E-state index >= 15 is 0 Å². The fourth-order valence-corrected chi connectivity index (χ4v) is 2.63. The van der Waals surface area contributed by atoms with E-state index in [-0.39, 0.29) is 44.4 Å². The van der Waals surface area contributed by atoms with Crippen LogP contribution in [0.25, 0.3) is 10.9 Å². The second-order valence-electron chi connectivity index (χ2n) is 5.20. The number of fused-ring (bicyclic) bond motifs is 1. The molecule has 0 aliphatic heterocycles. The van der Waals surface area contributed by atoms with Crippen LogP contribution in [0, 0.1) is 5.82 Å². The summed E-state index contributed by atoms with van der Waals surface area (Å²) in [6, 6.07) is 1.84. The topological polar surface area (TPSA) is 136 Å². The van der Waals surface area contributed by atoms with E-state index in [1.54, 1.807) is 6.92 Å². The normalized spacial score (nSPS) is 12.3. The van der Waals surface area contributed by atoms with Gasteiger partial charge in [0.05, 0.1) is 16.5 Å². The second kappa shape index (κ2) is 6.34. The highest BCUT2D eigenvalue weighted by molar-refractivity contribution is 6.35. The van der Waals surface area contributed by atoms with Gasteiger partial charge in [-0.15, -0.1) is 0 Å². The summed E-state index contributed by atoms with van der Waals surface area (Å²) in [5.74, 6) is -0.414. The van der Waals surface area contributed by atoms with Crippen LogP contribution in [0.4, 0.5) is 22.0 Å². The van der Waals surface area contributed by atoms with Crippen LogP contribution in [0.1, 0.15) is 18.8 Å². The predicted octanol–water partition coefficient (Wildman–Crippen LogP) is 2.50. The number of hydrogen-bond donors (Lipinski definition) is 4. The van der Waals surface area contributed by atoms with Gasteiger partial charge in [0.2, 0.25) is 5.95 Å². The number of H-pyrrole nitrogens is 1. The van der Waals surface area contributed by atoms with Gasteiger partial charge < -0.3 is 21.8 Å². The molecule has 3 rings (SSSR count). The molecule has 2 aromatic heterocycles. The lowest BCUT2D eigenvalue weighted by Crippen LogP contribution is -2.19. The summed E-state index contributed by atoms with van der Waals surface area (Å²) in [6.45, 7) is 1.66. The first-order chi connectivity index (χ1) is 11.8. The zero-order chi connectivity index (χ0) is 18.3. The van der Waals surface area contributed by atoms with E-state index in [1.165, 1.54) is 6.07 Å². The lowest BCUT2D eigenvalue weighted by molar-refractivity contribution is 0.634. The van der Waals surface area contributed by atoms with Crippen LogP contribution in [0.5, 0.6) is 0 Å². The summed E-state index contributed by atoms with van der Waals surface area (Å²) in [5, 5.41) is 3.06. The van der Waals surface area contributed by atoms with Crippen molar-refractivity contribution in [2.24, 2.45) is 0 Å². The van der Waals surface area contributed by atoms with Crippen LogP contribution in [0.15, 0.2) is 16.9 Å². The summed E-state index contributed by atoms with van der Waals surface area (Å²) in [5.41, 5.74) is 10.5. The van der Waals surface area contributed by atoms with Crippen LogP contribution in [0.2, 0.25) is 10.0 Å². The molecule has 1 aromatic carbocycles. The minimum atomic E-state index is -0.660. The molecular weight excluding hydrogens is 372 g/mol. The molecule has 0 amide bonds. The lowest BCUT2D eigenvalue weighted by Gasteiger charge is -2.16. The van der Waals surface area contributed by atoms with Crippen molar-refractivity contribution in [3.63, 3.8) is 0 Å². The maximum Gasteiger partial charge on any atom is 0.260 e. The minimum Gasteiger partial charge on any atom is -0.382 e. The first-order valence-corrected chi connectivity index (χ1v) is 7.76. The van der Waals surface area contributed by atoms with Crippen molar-refractivity contribution in [1.29, 1.82) is 0 Å². The Morgan fingerprint density at radius 2 is 1.96 bits per heavy atom. The molecule has 0 bridgehead atoms. The quantitative estimate of drug-likeness (QED) is 0.545. The molecule has 130 valence electrons. The lowest BCUT2D eigenvalue weighted by atomic mass is 10.2. The standard InChI is InChI=1S/C14H12Cl2FN7O/c1-4(20-12-8(16)10(18)22-14(19)24-12)11-21-9-6(17)3-2-5(15)7(9)13(25)23-11/h2-4H,1H3,(H,21,23,25)(H5,18,19,20,22,24). The molecule has 0 spiro atoms. The molecule has 0 aliphatic rings. The van der Waals surface area contributed by atoms with Gasteiger partial charge in [0.25, 0.3) is 5.56 Å². The van der Waals surface area contributed by atoms with Gasteiger partial charge >= 0.3 is 0 Å². The number of aromatic amines is 1. The third kappa shape index (κ3) is 3.15. The Morgan fingerprint density at radius 1 is 1.24 bits per heavy atom. The summed E-state index contributed by atoms with van der Waals surface area (Å²) in [7, 11) is 0. The van der Waals surface area contributed by atoms with Crippen molar-refractivity contribution < 1.29 is 4.39 Å².